The number of hydrogen-bond donors (Lipinski definition) is 1. The van der Waals surface area contributed by atoms with E-state index in [-0.39, 0.29) is 0 Å². The van der Waals surface area contributed by atoms with Crippen molar-refractivity contribution in [3.05, 3.63) is 64.1 Å². The molecule has 0 heterocycles. The zero-order chi connectivity index (χ0) is 15.2. The van der Waals surface area contributed by atoms with Crippen LogP contribution >= 0.6 is 15.9 Å². The van der Waals surface area contributed by atoms with Crippen molar-refractivity contribution in [2.45, 2.75) is 32.9 Å². The van der Waals surface area contributed by atoms with Gasteiger partial charge in [0.2, 0.25) is 0 Å². The summed E-state index contributed by atoms with van der Waals surface area (Å²) in [6, 6.07) is 17.3. The van der Waals surface area contributed by atoms with Gasteiger partial charge in [-0.25, -0.2) is 0 Å². The first-order valence-electron chi connectivity index (χ1n) is 7.34. The Balaban J connectivity index is 1.99. The predicted molar refractivity (Wildman–Crippen MR) is 91.7 cm³/mol. The van der Waals surface area contributed by atoms with Crippen LogP contribution < -0.4 is 10.1 Å². The molecular weight excluding hydrogens is 326 g/mol. The maximum Gasteiger partial charge on any atom is 0.119 e. The quantitative estimate of drug-likeness (QED) is 0.769. The van der Waals surface area contributed by atoms with Crippen LogP contribution in [0.25, 0.3) is 0 Å². The fourth-order valence-corrected chi connectivity index (χ4v) is 2.60. The van der Waals surface area contributed by atoms with Gasteiger partial charge in [0.15, 0.2) is 0 Å². The molecule has 0 saturated carbocycles. The van der Waals surface area contributed by atoms with Gasteiger partial charge in [0.05, 0.1) is 6.61 Å². The summed E-state index contributed by atoms with van der Waals surface area (Å²) in [5.74, 6) is 0.925. The minimum Gasteiger partial charge on any atom is -0.494 e. The van der Waals surface area contributed by atoms with Gasteiger partial charge in [0, 0.05) is 16.6 Å². The molecule has 0 saturated heterocycles. The Kier molecular flexibility index (Phi) is 5.83. The van der Waals surface area contributed by atoms with Crippen LogP contribution in [0.5, 0.6) is 5.75 Å². The van der Waals surface area contributed by atoms with Gasteiger partial charge in [-0.3, -0.25) is 0 Å². The fourth-order valence-electron chi connectivity index (χ4n) is 2.34. The summed E-state index contributed by atoms with van der Waals surface area (Å²) < 4.78 is 6.59. The molecule has 0 aliphatic carbocycles. The van der Waals surface area contributed by atoms with Crippen LogP contribution in [0.3, 0.4) is 0 Å². The predicted octanol–water partition coefficient (Wildman–Crippen LogP) is 5.26. The lowest BCUT2D eigenvalue weighted by Gasteiger charge is -2.21. The molecule has 2 nitrogen and oxygen atoms in total. The van der Waals surface area contributed by atoms with Gasteiger partial charge in [0.25, 0.3) is 0 Å². The van der Waals surface area contributed by atoms with E-state index in [4.69, 9.17) is 4.74 Å². The summed E-state index contributed by atoms with van der Waals surface area (Å²) in [5, 5.41) is 3.63. The normalized spacial score (nSPS) is 13.7. The lowest BCUT2D eigenvalue weighted by Crippen LogP contribution is -2.22. The van der Waals surface area contributed by atoms with Crippen molar-refractivity contribution in [3.63, 3.8) is 0 Å². The average molecular weight is 348 g/mol. The second-order valence-electron chi connectivity index (χ2n) is 5.16. The first-order valence-corrected chi connectivity index (χ1v) is 8.13. The van der Waals surface area contributed by atoms with E-state index < -0.39 is 0 Å². The van der Waals surface area contributed by atoms with Crippen molar-refractivity contribution < 1.29 is 4.74 Å². The molecule has 0 bridgehead atoms. The second-order valence-corrected chi connectivity index (χ2v) is 6.08. The molecule has 0 fully saturated rings. The molecule has 2 aromatic carbocycles. The van der Waals surface area contributed by atoms with Gasteiger partial charge in [-0.05, 0) is 56.2 Å². The van der Waals surface area contributed by atoms with E-state index >= 15 is 0 Å². The number of halogens is 1. The van der Waals surface area contributed by atoms with Crippen molar-refractivity contribution >= 4 is 15.9 Å². The monoisotopic (exact) mass is 347 g/mol. The van der Waals surface area contributed by atoms with Gasteiger partial charge in [0.1, 0.15) is 5.75 Å². The van der Waals surface area contributed by atoms with E-state index in [0.717, 1.165) is 10.2 Å². The molecule has 0 spiro atoms. The molecular formula is C18H22BrNO. The molecule has 0 radical (unpaired) electrons. The van der Waals surface area contributed by atoms with Crippen LogP contribution in [-0.2, 0) is 0 Å². The summed E-state index contributed by atoms with van der Waals surface area (Å²) in [6.07, 6.45) is 0. The zero-order valence-corrected chi connectivity index (χ0v) is 14.4. The SMILES string of the molecule is CCOc1ccc(C(C)N[C@@H](C)c2ccc(Br)cc2)cc1. The number of nitrogens with one attached hydrogen (secondary N) is 1. The van der Waals surface area contributed by atoms with Crippen LogP contribution in [0.15, 0.2) is 53.0 Å². The third-order valence-electron chi connectivity index (χ3n) is 3.56. The van der Waals surface area contributed by atoms with Crippen LogP contribution in [0.1, 0.15) is 44.0 Å². The highest BCUT2D eigenvalue weighted by atomic mass is 79.9. The molecule has 3 heteroatoms. The van der Waals surface area contributed by atoms with Crippen molar-refractivity contribution in [3.8, 4) is 5.75 Å². The third-order valence-corrected chi connectivity index (χ3v) is 4.09. The lowest BCUT2D eigenvalue weighted by atomic mass is 10.0. The molecule has 0 aromatic heterocycles. The van der Waals surface area contributed by atoms with Gasteiger partial charge >= 0.3 is 0 Å². The number of rotatable bonds is 6. The lowest BCUT2D eigenvalue weighted by molar-refractivity contribution is 0.340. The van der Waals surface area contributed by atoms with Crippen molar-refractivity contribution in [1.29, 1.82) is 0 Å². The first kappa shape index (κ1) is 16.1. The van der Waals surface area contributed by atoms with Gasteiger partial charge in [-0.1, -0.05) is 40.2 Å². The van der Waals surface area contributed by atoms with Crippen LogP contribution in [-0.4, -0.2) is 6.61 Å². The Morgan fingerprint density at radius 1 is 0.905 bits per heavy atom. The molecule has 112 valence electrons. The highest BCUT2D eigenvalue weighted by molar-refractivity contribution is 9.10. The second kappa shape index (κ2) is 7.62. The van der Waals surface area contributed by atoms with Gasteiger partial charge in [-0.2, -0.15) is 0 Å². The summed E-state index contributed by atoms with van der Waals surface area (Å²) >= 11 is 3.47. The van der Waals surface area contributed by atoms with E-state index in [0.29, 0.717) is 18.7 Å². The number of benzene rings is 2. The van der Waals surface area contributed by atoms with Crippen LogP contribution in [0.4, 0.5) is 0 Å². The number of ether oxygens (including phenoxy) is 1. The van der Waals surface area contributed by atoms with E-state index in [1.807, 2.05) is 19.1 Å². The van der Waals surface area contributed by atoms with Crippen LogP contribution in [0, 0.1) is 0 Å². The highest BCUT2D eigenvalue weighted by Crippen LogP contribution is 2.22. The number of hydrogen-bond acceptors (Lipinski definition) is 2. The van der Waals surface area contributed by atoms with E-state index in [1.54, 1.807) is 0 Å². The van der Waals surface area contributed by atoms with Crippen molar-refractivity contribution in [2.75, 3.05) is 6.61 Å². The molecule has 2 aromatic rings. The Morgan fingerprint density at radius 2 is 1.38 bits per heavy atom. The molecule has 2 atom stereocenters. The summed E-state index contributed by atoms with van der Waals surface area (Å²) in [6.45, 7) is 7.07. The van der Waals surface area contributed by atoms with E-state index in [1.165, 1.54) is 11.1 Å². The average Bonchev–Trinajstić information content (AvgIpc) is 2.49. The maximum absolute atomic E-state index is 5.48. The zero-order valence-electron chi connectivity index (χ0n) is 12.8. The largest absolute Gasteiger partial charge is 0.494 e. The molecule has 0 aliphatic heterocycles. The van der Waals surface area contributed by atoms with Gasteiger partial charge < -0.3 is 10.1 Å². The maximum atomic E-state index is 5.48. The van der Waals surface area contributed by atoms with Crippen LogP contribution in [0.2, 0.25) is 0 Å². The van der Waals surface area contributed by atoms with Crippen molar-refractivity contribution in [1.82, 2.24) is 5.32 Å². The fraction of sp³-hybridized carbons (Fsp3) is 0.333. The molecule has 21 heavy (non-hydrogen) atoms. The minimum atomic E-state index is 0.291. The summed E-state index contributed by atoms with van der Waals surface area (Å²) in [4.78, 5) is 0. The third kappa shape index (κ3) is 4.58. The molecule has 0 aliphatic rings. The Bertz CT molecular complexity index is 550. The first-order chi connectivity index (χ1) is 10.1. The minimum absolute atomic E-state index is 0.291. The smallest absolute Gasteiger partial charge is 0.119 e. The Labute approximate surface area is 135 Å². The van der Waals surface area contributed by atoms with E-state index in [2.05, 4.69) is 71.5 Å². The van der Waals surface area contributed by atoms with E-state index in [9.17, 15) is 0 Å². The topological polar surface area (TPSA) is 21.3 Å². The standard InChI is InChI=1S/C18H22BrNO/c1-4-21-18-11-7-16(8-12-18)14(3)20-13(2)15-5-9-17(19)10-6-15/h5-14,20H,4H2,1-3H3/t13-,14?/m0/s1. The summed E-state index contributed by atoms with van der Waals surface area (Å²) in [7, 11) is 0. The Morgan fingerprint density at radius 3 is 1.86 bits per heavy atom. The van der Waals surface area contributed by atoms with Crippen molar-refractivity contribution in [2.24, 2.45) is 0 Å². The highest BCUT2D eigenvalue weighted by Gasteiger charge is 2.11. The molecule has 1 N–H and O–H groups in total. The molecule has 2 rings (SSSR count). The molecule has 1 unspecified atom stereocenters. The molecule has 0 amide bonds. The van der Waals surface area contributed by atoms with Gasteiger partial charge in [-0.15, -0.1) is 0 Å². The summed E-state index contributed by atoms with van der Waals surface area (Å²) in [5.41, 5.74) is 2.55. The Hall–Kier alpha value is -1.32.